The van der Waals surface area contributed by atoms with E-state index in [-0.39, 0.29) is 18.1 Å². The number of methoxy groups -OCH3 is 2. The van der Waals surface area contributed by atoms with Gasteiger partial charge in [0.2, 0.25) is 5.91 Å². The van der Waals surface area contributed by atoms with E-state index in [9.17, 15) is 9.90 Å². The first-order valence-electron chi connectivity index (χ1n) is 7.15. The van der Waals surface area contributed by atoms with Crippen LogP contribution in [0.15, 0.2) is 39.9 Å². The van der Waals surface area contributed by atoms with Crippen LogP contribution in [0.5, 0.6) is 17.2 Å². The highest BCUT2D eigenvalue weighted by Gasteiger charge is 2.08. The molecule has 0 fully saturated rings. The van der Waals surface area contributed by atoms with Gasteiger partial charge in [-0.3, -0.25) is 4.79 Å². The Morgan fingerprint density at radius 2 is 2.00 bits per heavy atom. The number of nitrogens with zero attached hydrogens (tertiary/aromatic N) is 1. The second kappa shape index (κ2) is 9.04. The van der Waals surface area contributed by atoms with E-state index in [4.69, 9.17) is 9.47 Å². The van der Waals surface area contributed by atoms with Crippen LogP contribution in [-0.2, 0) is 11.2 Å². The minimum atomic E-state index is -0.285. The maximum absolute atomic E-state index is 12.0. The summed E-state index contributed by atoms with van der Waals surface area (Å²) in [6, 6.07) is 8.76. The van der Waals surface area contributed by atoms with Crippen LogP contribution in [0.2, 0.25) is 0 Å². The quantitative estimate of drug-likeness (QED) is 0.348. The predicted molar refractivity (Wildman–Crippen MR) is 108 cm³/mol. The highest BCUT2D eigenvalue weighted by molar-refractivity contribution is 14.1. The summed E-state index contributed by atoms with van der Waals surface area (Å²) in [4.78, 5) is 12.0. The van der Waals surface area contributed by atoms with Gasteiger partial charge in [-0.25, -0.2) is 5.43 Å². The van der Waals surface area contributed by atoms with Crippen LogP contribution in [0.4, 0.5) is 0 Å². The third-order valence-corrected chi connectivity index (χ3v) is 4.54. The zero-order valence-electron chi connectivity index (χ0n) is 13.5. The second-order valence-corrected chi connectivity index (χ2v) is 7.06. The number of halogens is 2. The molecular formula is C17H16BrIN2O4. The number of benzene rings is 2. The van der Waals surface area contributed by atoms with Crippen molar-refractivity contribution in [1.82, 2.24) is 5.43 Å². The van der Waals surface area contributed by atoms with Crippen molar-refractivity contribution in [2.75, 3.05) is 14.2 Å². The van der Waals surface area contributed by atoms with Crippen LogP contribution in [0.25, 0.3) is 0 Å². The van der Waals surface area contributed by atoms with Crippen molar-refractivity contribution in [3.63, 3.8) is 0 Å². The van der Waals surface area contributed by atoms with Gasteiger partial charge in [0.05, 0.1) is 30.4 Å². The summed E-state index contributed by atoms with van der Waals surface area (Å²) < 4.78 is 11.9. The second-order valence-electron chi connectivity index (χ2n) is 4.98. The molecule has 25 heavy (non-hydrogen) atoms. The summed E-state index contributed by atoms with van der Waals surface area (Å²) in [6.45, 7) is 0. The van der Waals surface area contributed by atoms with Crippen LogP contribution in [0, 0.1) is 3.57 Å². The highest BCUT2D eigenvalue weighted by Crippen LogP contribution is 2.28. The van der Waals surface area contributed by atoms with E-state index in [1.807, 2.05) is 22.6 Å². The Hall–Kier alpha value is -1.81. The van der Waals surface area contributed by atoms with Crippen molar-refractivity contribution < 1.29 is 19.4 Å². The van der Waals surface area contributed by atoms with Gasteiger partial charge >= 0.3 is 0 Å². The van der Waals surface area contributed by atoms with E-state index in [2.05, 4.69) is 26.5 Å². The molecule has 0 aliphatic carbocycles. The molecule has 0 saturated carbocycles. The maximum Gasteiger partial charge on any atom is 0.244 e. The molecule has 0 aliphatic rings. The van der Waals surface area contributed by atoms with Gasteiger partial charge in [0.1, 0.15) is 5.75 Å². The monoisotopic (exact) mass is 518 g/mol. The minimum absolute atomic E-state index is 0.113. The van der Waals surface area contributed by atoms with Gasteiger partial charge in [-0.05, 0) is 52.4 Å². The molecule has 8 heteroatoms. The van der Waals surface area contributed by atoms with E-state index in [1.165, 1.54) is 13.3 Å². The zero-order chi connectivity index (χ0) is 18.4. The molecule has 0 aliphatic heterocycles. The van der Waals surface area contributed by atoms with Crippen molar-refractivity contribution >= 4 is 50.6 Å². The molecule has 2 rings (SSSR count). The maximum atomic E-state index is 12.0. The SMILES string of the molecule is COc1ccc(CC(=O)N/N=C\c2cc(Br)cc(I)c2O)cc1OC. The summed E-state index contributed by atoms with van der Waals surface area (Å²) in [5.74, 6) is 0.990. The van der Waals surface area contributed by atoms with Crippen LogP contribution >= 0.6 is 38.5 Å². The highest BCUT2D eigenvalue weighted by atomic mass is 127. The summed E-state index contributed by atoms with van der Waals surface area (Å²) in [7, 11) is 3.09. The van der Waals surface area contributed by atoms with Crippen molar-refractivity contribution in [2.24, 2.45) is 5.10 Å². The number of aromatic hydroxyl groups is 1. The van der Waals surface area contributed by atoms with E-state index < -0.39 is 0 Å². The first kappa shape index (κ1) is 19.5. The predicted octanol–water partition coefficient (Wildman–Crippen LogP) is 3.47. The molecule has 6 nitrogen and oxygen atoms in total. The fourth-order valence-corrected chi connectivity index (χ4v) is 3.62. The van der Waals surface area contributed by atoms with Crippen LogP contribution < -0.4 is 14.9 Å². The smallest absolute Gasteiger partial charge is 0.244 e. The van der Waals surface area contributed by atoms with Gasteiger partial charge in [-0.15, -0.1) is 0 Å². The number of hydrogen-bond acceptors (Lipinski definition) is 5. The molecule has 0 radical (unpaired) electrons. The number of carbonyl (C=O) groups is 1. The van der Waals surface area contributed by atoms with Gasteiger partial charge in [-0.2, -0.15) is 5.10 Å². The average Bonchev–Trinajstić information content (AvgIpc) is 2.58. The van der Waals surface area contributed by atoms with Crippen LogP contribution in [0.1, 0.15) is 11.1 Å². The lowest BCUT2D eigenvalue weighted by Crippen LogP contribution is -2.19. The Kier molecular flexibility index (Phi) is 7.06. The summed E-state index contributed by atoms with van der Waals surface area (Å²) >= 11 is 5.37. The van der Waals surface area contributed by atoms with Crippen molar-refractivity contribution in [2.45, 2.75) is 6.42 Å². The van der Waals surface area contributed by atoms with Gasteiger partial charge < -0.3 is 14.6 Å². The van der Waals surface area contributed by atoms with Crippen molar-refractivity contribution in [3.05, 3.63) is 49.5 Å². The topological polar surface area (TPSA) is 80.2 Å². The Balaban J connectivity index is 2.01. The van der Waals surface area contributed by atoms with E-state index in [1.54, 1.807) is 37.4 Å². The molecular weight excluding hydrogens is 503 g/mol. The number of phenolic OH excluding ortho intramolecular Hbond substituents is 1. The molecule has 0 unspecified atom stereocenters. The molecule has 2 aromatic rings. The van der Waals surface area contributed by atoms with E-state index in [0.717, 1.165) is 10.0 Å². The lowest BCUT2D eigenvalue weighted by molar-refractivity contribution is -0.120. The summed E-state index contributed by atoms with van der Waals surface area (Å²) in [6.07, 6.45) is 1.54. The number of carbonyl (C=O) groups excluding carboxylic acids is 1. The number of hydrogen-bond donors (Lipinski definition) is 2. The molecule has 2 N–H and O–H groups in total. The lowest BCUT2D eigenvalue weighted by Gasteiger charge is -2.09. The number of nitrogens with one attached hydrogen (secondary N) is 1. The Bertz CT molecular complexity index is 811. The third kappa shape index (κ3) is 5.33. The van der Waals surface area contributed by atoms with Crippen molar-refractivity contribution in [1.29, 1.82) is 0 Å². The summed E-state index contributed by atoms with van der Waals surface area (Å²) in [5, 5.41) is 13.9. The molecule has 0 saturated heterocycles. The van der Waals surface area contributed by atoms with E-state index in [0.29, 0.717) is 20.6 Å². The molecule has 0 bridgehead atoms. The van der Waals surface area contributed by atoms with E-state index >= 15 is 0 Å². The van der Waals surface area contributed by atoms with Gasteiger partial charge in [-0.1, -0.05) is 22.0 Å². The molecule has 2 aromatic carbocycles. The molecule has 0 aromatic heterocycles. The number of phenols is 1. The third-order valence-electron chi connectivity index (χ3n) is 3.26. The fraction of sp³-hybridized carbons (Fsp3) is 0.176. The van der Waals surface area contributed by atoms with Gasteiger partial charge in [0, 0.05) is 10.0 Å². The molecule has 0 atom stereocenters. The number of rotatable bonds is 6. The number of amides is 1. The number of hydrazone groups is 1. The minimum Gasteiger partial charge on any atom is -0.506 e. The molecule has 132 valence electrons. The van der Waals surface area contributed by atoms with Gasteiger partial charge in [0.15, 0.2) is 11.5 Å². The van der Waals surface area contributed by atoms with Crippen LogP contribution in [0.3, 0.4) is 0 Å². The largest absolute Gasteiger partial charge is 0.506 e. The Morgan fingerprint density at radius 1 is 1.28 bits per heavy atom. The van der Waals surface area contributed by atoms with Crippen molar-refractivity contribution in [3.8, 4) is 17.2 Å². The van der Waals surface area contributed by atoms with Crippen LogP contribution in [-0.4, -0.2) is 31.4 Å². The first-order chi connectivity index (χ1) is 11.9. The average molecular weight is 519 g/mol. The molecule has 0 spiro atoms. The number of ether oxygens (including phenoxy) is 2. The van der Waals surface area contributed by atoms with Gasteiger partial charge in [0.25, 0.3) is 0 Å². The molecule has 0 heterocycles. The summed E-state index contributed by atoms with van der Waals surface area (Å²) in [5.41, 5.74) is 3.71. The zero-order valence-corrected chi connectivity index (χ0v) is 17.3. The lowest BCUT2D eigenvalue weighted by atomic mass is 10.1. The normalized spacial score (nSPS) is 10.7. The first-order valence-corrected chi connectivity index (χ1v) is 9.02. The molecule has 1 amide bonds. The standard InChI is InChI=1S/C17H16BrIN2O4/c1-24-14-4-3-10(5-15(14)25-2)6-16(22)21-20-9-11-7-12(18)8-13(19)17(11)23/h3-5,7-9,23H,6H2,1-2H3,(H,21,22)/b20-9-. The Morgan fingerprint density at radius 3 is 2.68 bits per heavy atom. The fourth-order valence-electron chi connectivity index (χ4n) is 2.07. The Labute approximate surface area is 167 Å².